The largest absolute Gasteiger partial charge is 0.508 e. The van der Waals surface area contributed by atoms with E-state index in [2.05, 4.69) is 5.10 Å². The number of phenolic OH excluding ortho intramolecular Hbond substituents is 1. The number of ether oxygens (including phenoxy) is 1. The second-order valence-electron chi connectivity index (χ2n) is 8.32. The average molecular weight is 460 g/mol. The zero-order chi connectivity index (χ0) is 23.8. The lowest BCUT2D eigenvalue weighted by Gasteiger charge is -2.29. The second kappa shape index (κ2) is 8.66. The molecule has 0 spiro atoms. The Morgan fingerprint density at radius 2 is 1.53 bits per heavy atom. The maximum atomic E-state index is 13.6. The number of nitrogens with zero attached hydrogens (tertiary/aromatic N) is 4. The predicted octanol–water partition coefficient (Wildman–Crippen LogP) is 3.08. The smallest absolute Gasteiger partial charge is 0.358 e. The maximum absolute atomic E-state index is 13.6. The van der Waals surface area contributed by atoms with Crippen LogP contribution in [0.4, 0.5) is 11.4 Å². The average Bonchev–Trinajstić information content (AvgIpc) is 3.25. The standard InChI is InChI=1S/C25H24N4O5/c1-34-25(33)22-20-13-15-28(17-7-5-16(6-8-17)27-14-3-2-4-21(27)31)24(32)23(20)29(26-22)18-9-11-19(30)12-10-18/h5-12,30H,2-4,13-15H2,1H3. The van der Waals surface area contributed by atoms with Crippen molar-refractivity contribution in [3.63, 3.8) is 0 Å². The molecule has 1 fully saturated rings. The number of methoxy groups -OCH3 is 1. The van der Waals surface area contributed by atoms with Crippen LogP contribution in [0.2, 0.25) is 0 Å². The van der Waals surface area contributed by atoms with Gasteiger partial charge in [0.25, 0.3) is 5.91 Å². The van der Waals surface area contributed by atoms with Crippen molar-refractivity contribution < 1.29 is 24.2 Å². The summed E-state index contributed by atoms with van der Waals surface area (Å²) in [5.74, 6) is -0.701. The van der Waals surface area contributed by atoms with Gasteiger partial charge in [0.05, 0.1) is 12.8 Å². The third-order valence-corrected chi connectivity index (χ3v) is 6.29. The molecule has 0 atom stereocenters. The Morgan fingerprint density at radius 1 is 0.882 bits per heavy atom. The molecule has 1 aromatic heterocycles. The monoisotopic (exact) mass is 460 g/mol. The molecule has 2 aliphatic rings. The maximum Gasteiger partial charge on any atom is 0.358 e. The van der Waals surface area contributed by atoms with Crippen molar-refractivity contribution in [1.29, 1.82) is 0 Å². The fourth-order valence-electron chi connectivity index (χ4n) is 4.54. The van der Waals surface area contributed by atoms with E-state index >= 15 is 0 Å². The van der Waals surface area contributed by atoms with Crippen molar-refractivity contribution in [3.8, 4) is 11.4 Å². The van der Waals surface area contributed by atoms with Gasteiger partial charge in [0, 0.05) is 36.4 Å². The number of anilines is 2. The molecule has 0 radical (unpaired) electrons. The highest BCUT2D eigenvalue weighted by Crippen LogP contribution is 2.31. The van der Waals surface area contributed by atoms with Crippen molar-refractivity contribution >= 4 is 29.2 Å². The molecule has 0 bridgehead atoms. The van der Waals surface area contributed by atoms with Crippen LogP contribution in [0.1, 0.15) is 45.8 Å². The topological polar surface area (TPSA) is 105 Å². The third kappa shape index (κ3) is 3.68. The number of fused-ring (bicyclic) bond motifs is 1. The summed E-state index contributed by atoms with van der Waals surface area (Å²) in [6, 6.07) is 13.6. The Bertz CT molecular complexity index is 1260. The Labute approximate surface area is 196 Å². The van der Waals surface area contributed by atoms with Gasteiger partial charge < -0.3 is 19.6 Å². The number of carbonyl (C=O) groups is 3. The zero-order valence-electron chi connectivity index (χ0n) is 18.7. The minimum atomic E-state index is -0.606. The lowest BCUT2D eigenvalue weighted by atomic mass is 10.0. The Morgan fingerprint density at radius 3 is 2.18 bits per heavy atom. The van der Waals surface area contributed by atoms with E-state index in [4.69, 9.17) is 4.74 Å². The Balaban J connectivity index is 1.50. The molecule has 2 aliphatic heterocycles. The van der Waals surface area contributed by atoms with Gasteiger partial charge >= 0.3 is 5.97 Å². The quantitative estimate of drug-likeness (QED) is 0.600. The second-order valence-corrected chi connectivity index (χ2v) is 8.32. The van der Waals surface area contributed by atoms with Gasteiger partial charge in [0.2, 0.25) is 5.91 Å². The van der Waals surface area contributed by atoms with Crippen LogP contribution in [0.15, 0.2) is 48.5 Å². The number of amides is 2. The van der Waals surface area contributed by atoms with E-state index < -0.39 is 5.97 Å². The van der Waals surface area contributed by atoms with Crippen LogP contribution in [-0.4, -0.2) is 52.9 Å². The van der Waals surface area contributed by atoms with Gasteiger partial charge in [0.15, 0.2) is 5.69 Å². The number of benzene rings is 2. The number of esters is 1. The van der Waals surface area contributed by atoms with Gasteiger partial charge in [-0.15, -0.1) is 0 Å². The van der Waals surface area contributed by atoms with Crippen LogP contribution < -0.4 is 9.80 Å². The van der Waals surface area contributed by atoms with E-state index in [9.17, 15) is 19.5 Å². The molecular weight excluding hydrogens is 436 g/mol. The first-order chi connectivity index (χ1) is 16.5. The summed E-state index contributed by atoms with van der Waals surface area (Å²) < 4.78 is 6.31. The Kier molecular flexibility index (Phi) is 5.53. The highest BCUT2D eigenvalue weighted by molar-refractivity contribution is 6.09. The van der Waals surface area contributed by atoms with Crippen LogP contribution in [0.5, 0.6) is 5.75 Å². The first-order valence-electron chi connectivity index (χ1n) is 11.2. The molecule has 1 N–H and O–H groups in total. The van der Waals surface area contributed by atoms with E-state index in [1.54, 1.807) is 21.9 Å². The number of aromatic nitrogens is 2. The molecule has 9 nitrogen and oxygen atoms in total. The van der Waals surface area contributed by atoms with Gasteiger partial charge in [-0.3, -0.25) is 9.59 Å². The van der Waals surface area contributed by atoms with Crippen LogP contribution in [0, 0.1) is 0 Å². The number of phenols is 1. The van der Waals surface area contributed by atoms with Crippen LogP contribution in [0.3, 0.4) is 0 Å². The van der Waals surface area contributed by atoms with E-state index in [1.807, 2.05) is 24.3 Å². The fraction of sp³-hybridized carbons (Fsp3) is 0.280. The molecule has 0 saturated carbocycles. The number of aromatic hydroxyl groups is 1. The lowest BCUT2D eigenvalue weighted by molar-refractivity contribution is -0.119. The third-order valence-electron chi connectivity index (χ3n) is 6.29. The highest BCUT2D eigenvalue weighted by atomic mass is 16.5. The van der Waals surface area contributed by atoms with E-state index in [0.29, 0.717) is 42.9 Å². The minimum Gasteiger partial charge on any atom is -0.508 e. The molecular formula is C25H24N4O5. The van der Waals surface area contributed by atoms with E-state index in [-0.39, 0.29) is 29.0 Å². The first kappa shape index (κ1) is 21.7. The molecule has 2 amide bonds. The van der Waals surface area contributed by atoms with Gasteiger partial charge in [-0.25, -0.2) is 9.48 Å². The van der Waals surface area contributed by atoms with E-state index in [0.717, 1.165) is 18.5 Å². The van der Waals surface area contributed by atoms with Gasteiger partial charge in [-0.2, -0.15) is 5.10 Å². The summed E-state index contributed by atoms with van der Waals surface area (Å²) in [7, 11) is 1.28. The summed E-state index contributed by atoms with van der Waals surface area (Å²) in [4.78, 5) is 41.7. The van der Waals surface area contributed by atoms with Crippen molar-refractivity contribution in [2.45, 2.75) is 25.7 Å². The molecule has 0 unspecified atom stereocenters. The van der Waals surface area contributed by atoms with Crippen molar-refractivity contribution in [3.05, 3.63) is 65.5 Å². The van der Waals surface area contributed by atoms with Gasteiger partial charge in [0.1, 0.15) is 11.4 Å². The first-order valence-corrected chi connectivity index (χ1v) is 11.2. The van der Waals surface area contributed by atoms with Crippen LogP contribution in [0.25, 0.3) is 5.69 Å². The summed E-state index contributed by atoms with van der Waals surface area (Å²) in [5.41, 5.74) is 2.99. The number of piperidine rings is 1. The molecule has 9 heteroatoms. The van der Waals surface area contributed by atoms with Crippen molar-refractivity contribution in [2.24, 2.45) is 0 Å². The number of hydrogen-bond donors (Lipinski definition) is 1. The normalized spacial score (nSPS) is 15.9. The number of hydrogen-bond acceptors (Lipinski definition) is 6. The fourth-order valence-corrected chi connectivity index (χ4v) is 4.54. The molecule has 2 aromatic carbocycles. The van der Waals surface area contributed by atoms with Gasteiger partial charge in [-0.1, -0.05) is 0 Å². The molecule has 3 heterocycles. The zero-order valence-corrected chi connectivity index (χ0v) is 18.7. The van der Waals surface area contributed by atoms with E-state index in [1.165, 1.54) is 23.9 Å². The van der Waals surface area contributed by atoms with Crippen molar-refractivity contribution in [1.82, 2.24) is 9.78 Å². The van der Waals surface area contributed by atoms with Crippen molar-refractivity contribution in [2.75, 3.05) is 30.0 Å². The number of rotatable bonds is 4. The predicted molar refractivity (Wildman–Crippen MR) is 125 cm³/mol. The molecule has 174 valence electrons. The van der Waals surface area contributed by atoms with Gasteiger partial charge in [-0.05, 0) is 67.8 Å². The molecule has 0 aliphatic carbocycles. The highest BCUT2D eigenvalue weighted by Gasteiger charge is 2.35. The summed E-state index contributed by atoms with van der Waals surface area (Å²) in [6.07, 6.45) is 2.87. The lowest BCUT2D eigenvalue weighted by Crippen LogP contribution is -2.39. The molecule has 5 rings (SSSR count). The SMILES string of the molecule is COC(=O)c1nn(-c2ccc(O)cc2)c2c1CCN(c1ccc(N3CCCCC3=O)cc1)C2=O. The molecule has 34 heavy (non-hydrogen) atoms. The van der Waals surface area contributed by atoms with Crippen LogP contribution >= 0.6 is 0 Å². The summed E-state index contributed by atoms with van der Waals surface area (Å²) in [5, 5.41) is 14.0. The molecule has 3 aromatic rings. The molecule has 1 saturated heterocycles. The summed E-state index contributed by atoms with van der Waals surface area (Å²) in [6.45, 7) is 1.07. The minimum absolute atomic E-state index is 0.0817. The Hall–Kier alpha value is -4.14. The van der Waals surface area contributed by atoms with Crippen LogP contribution in [-0.2, 0) is 16.0 Å². The summed E-state index contributed by atoms with van der Waals surface area (Å²) >= 11 is 0. The number of carbonyl (C=O) groups excluding carboxylic acids is 3.